The van der Waals surface area contributed by atoms with Crippen LogP contribution in [-0.4, -0.2) is 0 Å². The molecule has 41 heavy (non-hydrogen) atoms. The van der Waals surface area contributed by atoms with Crippen molar-refractivity contribution >= 4 is 23.4 Å². The van der Waals surface area contributed by atoms with Crippen LogP contribution in [0.15, 0.2) is 165 Å². The molecule has 8 nitrogen and oxygen atoms in total. The Labute approximate surface area is 239 Å². The van der Waals surface area contributed by atoms with E-state index in [2.05, 4.69) is 0 Å². The van der Waals surface area contributed by atoms with Gasteiger partial charge in [0.15, 0.2) is 0 Å². The van der Waals surface area contributed by atoms with Crippen LogP contribution in [0.4, 0.5) is 0 Å². The minimum atomic E-state index is -3.55. The normalized spacial score (nSPS) is 16.5. The molecule has 1 unspecified atom stereocenters. The van der Waals surface area contributed by atoms with Crippen LogP contribution in [0.3, 0.4) is 0 Å². The third kappa shape index (κ3) is 7.11. The van der Waals surface area contributed by atoms with E-state index < -0.39 is 23.4 Å². The number of para-hydroxylation sites is 5. The highest BCUT2D eigenvalue weighted by atomic mass is 31.3. The van der Waals surface area contributed by atoms with Crippen molar-refractivity contribution in [3.05, 3.63) is 152 Å². The summed E-state index contributed by atoms with van der Waals surface area (Å²) in [5, 5.41) is 0. The topological polar surface area (TPSA) is 83.2 Å². The zero-order valence-electron chi connectivity index (χ0n) is 21.7. The second kappa shape index (κ2) is 12.5. The molecule has 1 heterocycles. The summed E-state index contributed by atoms with van der Waals surface area (Å²) in [7, 11) is -9.53. The molecule has 11 heteroatoms. The summed E-state index contributed by atoms with van der Waals surface area (Å²) in [5.74, 6) is 2.73. The maximum absolute atomic E-state index is 6.55. The van der Waals surface area contributed by atoms with E-state index in [9.17, 15) is 0 Å². The van der Waals surface area contributed by atoms with Gasteiger partial charge in [-0.1, -0.05) is 95.5 Å². The molecule has 0 fully saturated rings. The van der Waals surface area contributed by atoms with E-state index in [1.807, 2.05) is 152 Å². The summed E-state index contributed by atoms with van der Waals surface area (Å²) >= 11 is 0. The van der Waals surface area contributed by atoms with Crippen LogP contribution in [0.25, 0.3) is 0 Å². The van der Waals surface area contributed by atoms with Gasteiger partial charge < -0.3 is 22.6 Å². The molecule has 0 saturated heterocycles. The molecule has 1 aliphatic rings. The molecule has 0 N–H and O–H groups in total. The van der Waals surface area contributed by atoms with Gasteiger partial charge in [0.05, 0.1) is 0 Å². The first kappa shape index (κ1) is 27.0. The van der Waals surface area contributed by atoms with Crippen molar-refractivity contribution in [2.24, 2.45) is 13.5 Å². The molecule has 0 amide bonds. The Morgan fingerprint density at radius 1 is 0.390 bits per heavy atom. The zero-order valence-corrected chi connectivity index (χ0v) is 24.5. The molecule has 0 radical (unpaired) electrons. The number of benzene rings is 5. The molecule has 5 aromatic rings. The Balaban J connectivity index is 1.57. The number of nitrogens with zero attached hydrogens (tertiary/aromatic N) is 3. The highest BCUT2D eigenvalue weighted by molar-refractivity contribution is 7.75. The van der Waals surface area contributed by atoms with E-state index in [0.29, 0.717) is 28.7 Å². The van der Waals surface area contributed by atoms with Gasteiger partial charge in [-0.2, -0.15) is 0 Å². The molecule has 6 rings (SSSR count). The summed E-state index contributed by atoms with van der Waals surface area (Å²) in [6.07, 6.45) is 0. The van der Waals surface area contributed by atoms with Crippen molar-refractivity contribution in [1.29, 1.82) is 0 Å². The maximum atomic E-state index is 6.55. The lowest BCUT2D eigenvalue weighted by molar-refractivity contribution is 0.458. The first-order valence-electron chi connectivity index (χ1n) is 12.8. The summed E-state index contributed by atoms with van der Waals surface area (Å²) in [6.45, 7) is 0. The smallest absolute Gasteiger partial charge is 0.443 e. The average Bonchev–Trinajstić information content (AvgIpc) is 2.99. The van der Waals surface area contributed by atoms with E-state index in [0.717, 1.165) is 0 Å². The standard InChI is InChI=1S/C30H26N3O5P3/c1-6-16-26(17-7-1)34-39-31-40(35-27-18-8-2-9-19-27,36-28-20-10-3-11-21-28)33-41(32-39,37-29-22-12-4-13-23-29)38-30-24-14-5-15-25-30/h1-25,39H. The van der Waals surface area contributed by atoms with Crippen LogP contribution in [0, 0.1) is 0 Å². The second-order valence-electron chi connectivity index (χ2n) is 8.59. The number of hydrogen-bond acceptors (Lipinski definition) is 8. The van der Waals surface area contributed by atoms with Gasteiger partial charge in [0.2, 0.25) is 0 Å². The van der Waals surface area contributed by atoms with Crippen LogP contribution in [-0.2, 0) is 0 Å². The fourth-order valence-corrected chi connectivity index (χ4v) is 11.7. The molecular formula is C30H26N3O5P3. The van der Waals surface area contributed by atoms with E-state index >= 15 is 0 Å². The number of rotatable bonds is 10. The zero-order chi connectivity index (χ0) is 27.8. The second-order valence-corrected chi connectivity index (χ2v) is 14.4. The van der Waals surface area contributed by atoms with Crippen LogP contribution >= 0.6 is 23.4 Å². The van der Waals surface area contributed by atoms with Gasteiger partial charge in [0.25, 0.3) is 8.09 Å². The molecule has 0 bridgehead atoms. The minimum Gasteiger partial charge on any atom is -0.443 e. The molecular weight excluding hydrogens is 575 g/mol. The molecule has 0 aliphatic carbocycles. The molecule has 0 saturated carbocycles. The molecule has 5 aromatic carbocycles. The van der Waals surface area contributed by atoms with Gasteiger partial charge in [-0.05, 0) is 60.7 Å². The molecule has 1 atom stereocenters. The van der Waals surface area contributed by atoms with E-state index in [4.69, 9.17) is 36.2 Å². The van der Waals surface area contributed by atoms with Gasteiger partial charge in [-0.25, -0.2) is 0 Å². The lowest BCUT2D eigenvalue weighted by atomic mass is 10.3. The molecule has 1 aliphatic heterocycles. The maximum Gasteiger partial charge on any atom is 0.457 e. The third-order valence-corrected chi connectivity index (χ3v) is 12.9. The van der Waals surface area contributed by atoms with Crippen molar-refractivity contribution in [2.45, 2.75) is 0 Å². The first-order chi connectivity index (χ1) is 20.2. The fourth-order valence-electron chi connectivity index (χ4n) is 3.72. The van der Waals surface area contributed by atoms with Crippen LogP contribution in [0.1, 0.15) is 0 Å². The monoisotopic (exact) mass is 601 g/mol. The van der Waals surface area contributed by atoms with Crippen molar-refractivity contribution in [3.8, 4) is 28.7 Å². The predicted molar refractivity (Wildman–Crippen MR) is 165 cm³/mol. The largest absolute Gasteiger partial charge is 0.457 e. The highest BCUT2D eigenvalue weighted by Gasteiger charge is 2.41. The third-order valence-electron chi connectivity index (χ3n) is 5.47. The Morgan fingerprint density at radius 3 is 1.07 bits per heavy atom. The summed E-state index contributed by atoms with van der Waals surface area (Å²) in [4.78, 5) is 0. The lowest BCUT2D eigenvalue weighted by Gasteiger charge is -2.29. The SMILES string of the molecule is c1ccc(O[PH]2=NP(Oc3ccccc3)(Oc3ccccc3)=NP(Oc3ccccc3)(Oc3ccccc3)=N2)cc1. The Hall–Kier alpha value is -4.21. The van der Waals surface area contributed by atoms with Gasteiger partial charge in [0, 0.05) is 0 Å². The quantitative estimate of drug-likeness (QED) is 0.149. The van der Waals surface area contributed by atoms with Crippen LogP contribution in [0.5, 0.6) is 28.7 Å². The minimum absolute atomic E-state index is 0.532. The Bertz CT molecular complexity index is 1550. The highest BCUT2D eigenvalue weighted by Crippen LogP contribution is 2.73. The fraction of sp³-hybridized carbons (Fsp3) is 0. The van der Waals surface area contributed by atoms with Gasteiger partial charge in [-0.15, -0.1) is 9.03 Å². The molecule has 206 valence electrons. The summed E-state index contributed by atoms with van der Waals surface area (Å²) < 4.78 is 47.6. The predicted octanol–water partition coefficient (Wildman–Crippen LogP) is 10.5. The summed E-state index contributed by atoms with van der Waals surface area (Å²) in [6, 6.07) is 46.6. The van der Waals surface area contributed by atoms with Crippen molar-refractivity contribution in [2.75, 3.05) is 0 Å². The Morgan fingerprint density at radius 2 is 0.707 bits per heavy atom. The van der Waals surface area contributed by atoms with E-state index in [1.54, 1.807) is 0 Å². The lowest BCUT2D eigenvalue weighted by Crippen LogP contribution is -2.06. The van der Waals surface area contributed by atoms with Crippen molar-refractivity contribution in [1.82, 2.24) is 0 Å². The van der Waals surface area contributed by atoms with Crippen LogP contribution in [0.2, 0.25) is 0 Å². The molecule has 0 aromatic heterocycles. The van der Waals surface area contributed by atoms with Crippen LogP contribution < -0.4 is 22.6 Å². The van der Waals surface area contributed by atoms with Crippen molar-refractivity contribution in [3.63, 3.8) is 0 Å². The van der Waals surface area contributed by atoms with Gasteiger partial charge in [-0.3, -0.25) is 0 Å². The molecule has 0 spiro atoms. The summed E-state index contributed by atoms with van der Waals surface area (Å²) in [5.41, 5.74) is 0. The van der Waals surface area contributed by atoms with Gasteiger partial charge >= 0.3 is 15.3 Å². The average molecular weight is 601 g/mol. The van der Waals surface area contributed by atoms with E-state index in [1.165, 1.54) is 0 Å². The Kier molecular flexibility index (Phi) is 8.25. The van der Waals surface area contributed by atoms with E-state index in [-0.39, 0.29) is 0 Å². The van der Waals surface area contributed by atoms with Gasteiger partial charge in [0.1, 0.15) is 28.7 Å². The van der Waals surface area contributed by atoms with Crippen molar-refractivity contribution < 1.29 is 22.6 Å². The number of hydrogen-bond donors (Lipinski definition) is 0. The first-order valence-corrected chi connectivity index (χ1v) is 17.1.